The number of hydrogen-bond acceptors (Lipinski definition) is 7. The number of thiazole rings is 1. The van der Waals surface area contributed by atoms with E-state index in [-0.39, 0.29) is 11.3 Å². The van der Waals surface area contributed by atoms with Crippen LogP contribution in [-0.4, -0.2) is 40.7 Å². The third-order valence-corrected chi connectivity index (χ3v) is 7.73. The Morgan fingerprint density at radius 3 is 2.33 bits per heavy atom. The lowest BCUT2D eigenvalue weighted by atomic mass is 10.0. The highest BCUT2D eigenvalue weighted by Gasteiger charge is 2.18. The van der Waals surface area contributed by atoms with Crippen LogP contribution >= 0.6 is 11.3 Å². The van der Waals surface area contributed by atoms with Crippen molar-refractivity contribution in [1.29, 1.82) is 0 Å². The molecule has 9 heteroatoms. The summed E-state index contributed by atoms with van der Waals surface area (Å²) in [5.74, 6) is -0.344. The second-order valence-electron chi connectivity index (χ2n) is 9.75. The maximum Gasteiger partial charge on any atom is 0.333 e. The van der Waals surface area contributed by atoms with Crippen molar-refractivity contribution in [3.63, 3.8) is 0 Å². The molecule has 1 atom stereocenters. The second-order valence-corrected chi connectivity index (χ2v) is 10.7. The molecule has 0 aliphatic carbocycles. The third kappa shape index (κ3) is 7.77. The topological polar surface area (TPSA) is 99.4 Å². The van der Waals surface area contributed by atoms with Gasteiger partial charge in [-0.15, -0.1) is 0 Å². The molecule has 1 aromatic heterocycles. The summed E-state index contributed by atoms with van der Waals surface area (Å²) < 4.78 is 13.8. The predicted molar refractivity (Wildman–Crippen MR) is 168 cm³/mol. The maximum atomic E-state index is 12.9. The molecule has 220 valence electrons. The van der Waals surface area contributed by atoms with E-state index >= 15 is 0 Å². The number of aromatic nitrogens is 1. The molecule has 4 aromatic carbocycles. The summed E-state index contributed by atoms with van der Waals surface area (Å²) >= 11 is 1.18. The van der Waals surface area contributed by atoms with Gasteiger partial charge in [-0.25, -0.2) is 4.79 Å². The first-order valence-corrected chi connectivity index (χ1v) is 14.8. The summed E-state index contributed by atoms with van der Waals surface area (Å²) in [7, 11) is 0. The molecule has 1 heterocycles. The molecule has 1 unspecified atom stereocenters. The van der Waals surface area contributed by atoms with Crippen LogP contribution in [0, 0.1) is 0 Å². The van der Waals surface area contributed by atoms with Crippen molar-refractivity contribution in [2.45, 2.75) is 32.6 Å². The number of aliphatic carboxylic acids is 1. The second kappa shape index (κ2) is 14.4. The number of oxime groups is 1. The Hall–Kier alpha value is -4.73. The maximum absolute atomic E-state index is 12.9. The van der Waals surface area contributed by atoms with Crippen molar-refractivity contribution >= 4 is 33.2 Å². The Bertz CT molecular complexity index is 1730. The fourth-order valence-electron chi connectivity index (χ4n) is 4.65. The number of carboxylic acid groups (broad SMARTS) is 1. The largest absolute Gasteiger partial charge is 0.492 e. The Kier molecular flexibility index (Phi) is 9.99. The molecule has 0 spiro atoms. The molecule has 0 aliphatic heterocycles. The number of carbonyl (C=O) groups is 1. The zero-order valence-electron chi connectivity index (χ0n) is 23.7. The van der Waals surface area contributed by atoms with Gasteiger partial charge in [0.25, 0.3) is 0 Å². The van der Waals surface area contributed by atoms with Crippen LogP contribution in [0.2, 0.25) is 0 Å². The minimum absolute atomic E-state index is 0.0692. The Morgan fingerprint density at radius 1 is 0.907 bits per heavy atom. The molecule has 5 aromatic rings. The lowest BCUT2D eigenvalue weighted by Gasteiger charge is -2.13. The fourth-order valence-corrected chi connectivity index (χ4v) is 5.61. The molecule has 0 fully saturated rings. The van der Waals surface area contributed by atoms with Gasteiger partial charge in [-0.1, -0.05) is 95.4 Å². The van der Waals surface area contributed by atoms with Gasteiger partial charge in [-0.2, -0.15) is 0 Å². The first-order chi connectivity index (χ1) is 21.0. The molecule has 0 radical (unpaired) electrons. The Balaban J connectivity index is 1.27. The number of benzene rings is 4. The number of carboxylic acids is 1. The van der Waals surface area contributed by atoms with Gasteiger partial charge < -0.3 is 19.4 Å². The number of hydrogen-bond donors (Lipinski definition) is 1. The van der Waals surface area contributed by atoms with Crippen LogP contribution in [0.4, 0.5) is 0 Å². The van der Waals surface area contributed by atoms with Gasteiger partial charge in [0.1, 0.15) is 24.7 Å². The van der Waals surface area contributed by atoms with Crippen LogP contribution in [-0.2, 0) is 33.9 Å². The summed E-state index contributed by atoms with van der Waals surface area (Å²) in [5.41, 5.74) is 5.15. The molecule has 5 rings (SSSR count). The van der Waals surface area contributed by atoms with Crippen LogP contribution in [0.25, 0.3) is 10.2 Å². The number of rotatable bonds is 14. The summed E-state index contributed by atoms with van der Waals surface area (Å²) in [6.45, 7) is 3.13. The van der Waals surface area contributed by atoms with Crippen LogP contribution in [0.3, 0.4) is 0 Å². The van der Waals surface area contributed by atoms with E-state index in [9.17, 15) is 14.7 Å². The zero-order chi connectivity index (χ0) is 30.0. The number of fused-ring (bicyclic) bond motifs is 1. The number of nitrogens with zero attached hydrogens (tertiary/aromatic N) is 2. The Morgan fingerprint density at radius 2 is 1.63 bits per heavy atom. The summed E-state index contributed by atoms with van der Waals surface area (Å²) in [6.07, 6.45) is -0.606. The molecule has 43 heavy (non-hydrogen) atoms. The highest BCUT2D eigenvalue weighted by atomic mass is 32.1. The van der Waals surface area contributed by atoms with Crippen LogP contribution in [0.1, 0.15) is 29.2 Å². The van der Waals surface area contributed by atoms with Gasteiger partial charge in [0, 0.05) is 24.2 Å². The molecule has 1 N–H and O–H groups in total. The summed E-state index contributed by atoms with van der Waals surface area (Å²) in [4.78, 5) is 30.0. The van der Waals surface area contributed by atoms with Crippen molar-refractivity contribution in [1.82, 2.24) is 4.57 Å². The third-order valence-electron chi connectivity index (χ3n) is 6.79. The molecule has 8 nitrogen and oxygen atoms in total. The van der Waals surface area contributed by atoms with Gasteiger partial charge in [0.2, 0.25) is 0 Å². The van der Waals surface area contributed by atoms with Gasteiger partial charge in [-0.05, 0) is 42.3 Å². The molecule has 0 amide bonds. The van der Waals surface area contributed by atoms with Crippen LogP contribution in [0.5, 0.6) is 5.75 Å². The van der Waals surface area contributed by atoms with E-state index in [0.717, 1.165) is 32.5 Å². The van der Waals surface area contributed by atoms with Crippen LogP contribution in [0.15, 0.2) is 113 Å². The van der Waals surface area contributed by atoms with E-state index in [1.54, 1.807) is 23.6 Å². The lowest BCUT2D eigenvalue weighted by Crippen LogP contribution is -2.26. The highest BCUT2D eigenvalue weighted by molar-refractivity contribution is 7.16. The fraction of sp³-hybridized carbons (Fsp3) is 0.206. The molecular weight excluding hydrogens is 564 g/mol. The average Bonchev–Trinajstić information content (AvgIpc) is 3.34. The minimum Gasteiger partial charge on any atom is -0.492 e. The van der Waals surface area contributed by atoms with E-state index in [0.29, 0.717) is 37.8 Å². The Labute approximate surface area is 253 Å². The van der Waals surface area contributed by atoms with Gasteiger partial charge in [0.15, 0.2) is 6.10 Å². The monoisotopic (exact) mass is 596 g/mol. The van der Waals surface area contributed by atoms with E-state index in [4.69, 9.17) is 14.3 Å². The van der Waals surface area contributed by atoms with E-state index in [1.807, 2.05) is 91.0 Å². The zero-order valence-corrected chi connectivity index (χ0v) is 24.5. The average molecular weight is 597 g/mol. The van der Waals surface area contributed by atoms with Crippen molar-refractivity contribution in [2.24, 2.45) is 5.16 Å². The highest BCUT2D eigenvalue weighted by Crippen LogP contribution is 2.22. The quantitative estimate of drug-likeness (QED) is 0.122. The van der Waals surface area contributed by atoms with Crippen LogP contribution < -0.4 is 9.61 Å². The molecule has 0 bridgehead atoms. The van der Waals surface area contributed by atoms with E-state index in [1.165, 1.54) is 11.3 Å². The van der Waals surface area contributed by atoms with Gasteiger partial charge >= 0.3 is 10.8 Å². The van der Waals surface area contributed by atoms with Crippen molar-refractivity contribution in [3.05, 3.63) is 135 Å². The van der Waals surface area contributed by atoms with Gasteiger partial charge in [-0.3, -0.25) is 9.36 Å². The molecule has 0 saturated carbocycles. The van der Waals surface area contributed by atoms with Crippen molar-refractivity contribution in [2.75, 3.05) is 13.2 Å². The van der Waals surface area contributed by atoms with E-state index in [2.05, 4.69) is 5.16 Å². The van der Waals surface area contributed by atoms with Gasteiger partial charge in [0.05, 0.1) is 16.8 Å². The molecule has 0 saturated heterocycles. The molecular formula is C34H32N2O6S. The summed E-state index contributed by atoms with van der Waals surface area (Å²) in [6, 6.07) is 32.8. The van der Waals surface area contributed by atoms with Crippen molar-refractivity contribution < 1.29 is 24.2 Å². The first kappa shape index (κ1) is 29.8. The SMILES string of the molecule is CCOC(Cc1ccc(OCCn2c(=O)sc3cc(/C(=N/OCc4ccccc4)c4ccccc4)ccc32)cc1)C(=O)O. The summed E-state index contributed by atoms with van der Waals surface area (Å²) in [5, 5.41) is 13.8. The van der Waals surface area contributed by atoms with E-state index < -0.39 is 12.1 Å². The smallest absolute Gasteiger partial charge is 0.333 e. The minimum atomic E-state index is -0.984. The molecule has 0 aliphatic rings. The standard InChI is InChI=1S/C34H32N2O6S/c1-2-40-30(33(37)38)21-24-13-16-28(17-14-24)41-20-19-36-29-18-15-27(22-31(29)43-34(36)39)32(26-11-7-4-8-12-26)35-42-23-25-9-5-3-6-10-25/h3-18,22,30H,2,19-21,23H2,1H3,(H,37,38)/b35-32+. The number of ether oxygens (including phenoxy) is 2. The first-order valence-electron chi connectivity index (χ1n) is 14.0. The lowest BCUT2D eigenvalue weighted by molar-refractivity contribution is -0.149. The van der Waals surface area contributed by atoms with Crippen molar-refractivity contribution in [3.8, 4) is 5.75 Å². The normalized spacial score (nSPS) is 12.3. The predicted octanol–water partition coefficient (Wildman–Crippen LogP) is 6.14.